The number of likely N-dealkylation sites (tertiary alicyclic amines) is 1. The minimum Gasteiger partial charge on any atom is -0.376 e. The summed E-state index contributed by atoms with van der Waals surface area (Å²) >= 11 is 0. The highest BCUT2D eigenvalue weighted by molar-refractivity contribution is 14.0. The molecule has 2 heterocycles. The van der Waals surface area contributed by atoms with Crippen LogP contribution >= 0.6 is 24.0 Å². The molecule has 2 aliphatic heterocycles. The minimum atomic E-state index is -0.0361. The molecule has 2 N–H and O–H groups in total. The third-order valence-corrected chi connectivity index (χ3v) is 5.83. The van der Waals surface area contributed by atoms with Gasteiger partial charge in [0.15, 0.2) is 5.96 Å². The molecule has 2 fully saturated rings. The van der Waals surface area contributed by atoms with E-state index in [0.717, 1.165) is 63.6 Å². The van der Waals surface area contributed by atoms with Gasteiger partial charge in [-0.05, 0) is 63.6 Å². The summed E-state index contributed by atoms with van der Waals surface area (Å²) in [7, 11) is 0. The average molecular weight is 559 g/mol. The lowest BCUT2D eigenvalue weighted by Gasteiger charge is -2.35. The number of amides is 1. The predicted octanol–water partition coefficient (Wildman–Crippen LogP) is 3.57. The fraction of sp³-hybridized carbons (Fsp3) is 0.667. The highest BCUT2D eigenvalue weighted by atomic mass is 127. The van der Waals surface area contributed by atoms with Crippen molar-refractivity contribution in [3.05, 3.63) is 35.4 Å². The standard InChI is InChI=1S/C24H38N4O3.HI/c1-3-25-23(29)20-10-8-19(9-11-20)17-27-24(26-4-2)28-14-12-21(13-15-28)31-18-22-7-5-6-16-30-22;/h8-11,21-22H,3-7,12-18H2,1-2H3,(H,25,29)(H,26,27);1H. The molecule has 0 aliphatic carbocycles. The number of rotatable bonds is 8. The SMILES string of the molecule is CCNC(=O)c1ccc(CN=C(NCC)N2CCC(OCC3CCCCO3)CC2)cc1.I. The molecular weight excluding hydrogens is 519 g/mol. The first-order chi connectivity index (χ1) is 15.2. The highest BCUT2D eigenvalue weighted by Gasteiger charge is 2.23. The highest BCUT2D eigenvalue weighted by Crippen LogP contribution is 2.18. The van der Waals surface area contributed by atoms with E-state index in [1.54, 1.807) is 0 Å². The Morgan fingerprint density at radius 3 is 2.44 bits per heavy atom. The maximum Gasteiger partial charge on any atom is 0.251 e. The molecule has 8 heteroatoms. The monoisotopic (exact) mass is 558 g/mol. The number of ether oxygens (including phenoxy) is 2. The van der Waals surface area contributed by atoms with Gasteiger partial charge in [-0.3, -0.25) is 4.79 Å². The van der Waals surface area contributed by atoms with Crippen molar-refractivity contribution in [1.29, 1.82) is 0 Å². The first kappa shape index (κ1) is 26.9. The number of aliphatic imine (C=N–C) groups is 1. The van der Waals surface area contributed by atoms with Crippen LogP contribution < -0.4 is 10.6 Å². The van der Waals surface area contributed by atoms with E-state index in [9.17, 15) is 4.79 Å². The van der Waals surface area contributed by atoms with Gasteiger partial charge in [-0.1, -0.05) is 12.1 Å². The number of hydrogen-bond acceptors (Lipinski definition) is 4. The van der Waals surface area contributed by atoms with Crippen molar-refractivity contribution in [2.75, 3.05) is 39.4 Å². The van der Waals surface area contributed by atoms with Crippen molar-refractivity contribution >= 4 is 35.8 Å². The smallest absolute Gasteiger partial charge is 0.251 e. The fourth-order valence-corrected chi connectivity index (χ4v) is 4.03. The number of benzene rings is 1. The van der Waals surface area contributed by atoms with Crippen LogP contribution in [0.1, 0.15) is 61.9 Å². The summed E-state index contributed by atoms with van der Waals surface area (Å²) in [6.45, 7) is 9.57. The lowest BCUT2D eigenvalue weighted by Crippen LogP contribution is -2.47. The molecule has 32 heavy (non-hydrogen) atoms. The Morgan fingerprint density at radius 2 is 1.81 bits per heavy atom. The number of piperidine rings is 1. The molecule has 0 saturated carbocycles. The minimum absolute atomic E-state index is 0. The van der Waals surface area contributed by atoms with E-state index in [2.05, 4.69) is 22.5 Å². The van der Waals surface area contributed by atoms with E-state index in [4.69, 9.17) is 14.5 Å². The van der Waals surface area contributed by atoms with Gasteiger partial charge >= 0.3 is 0 Å². The van der Waals surface area contributed by atoms with Crippen LogP contribution in [0.4, 0.5) is 0 Å². The zero-order valence-electron chi connectivity index (χ0n) is 19.5. The van der Waals surface area contributed by atoms with Crippen LogP contribution in [-0.2, 0) is 16.0 Å². The first-order valence-corrected chi connectivity index (χ1v) is 11.8. The van der Waals surface area contributed by atoms with Gasteiger partial charge in [-0.15, -0.1) is 24.0 Å². The number of halogens is 1. The summed E-state index contributed by atoms with van der Waals surface area (Å²) in [5.41, 5.74) is 1.77. The molecule has 1 aromatic carbocycles. The van der Waals surface area contributed by atoms with Crippen molar-refractivity contribution < 1.29 is 14.3 Å². The van der Waals surface area contributed by atoms with Crippen LogP contribution in [0.15, 0.2) is 29.3 Å². The van der Waals surface area contributed by atoms with Gasteiger partial charge in [-0.2, -0.15) is 0 Å². The van der Waals surface area contributed by atoms with Gasteiger partial charge in [0.1, 0.15) is 0 Å². The predicted molar refractivity (Wildman–Crippen MR) is 139 cm³/mol. The number of guanidine groups is 1. The molecule has 180 valence electrons. The maximum absolute atomic E-state index is 11.9. The molecular formula is C24H39IN4O3. The van der Waals surface area contributed by atoms with Gasteiger partial charge in [0.25, 0.3) is 5.91 Å². The van der Waals surface area contributed by atoms with Gasteiger partial charge < -0.3 is 25.0 Å². The second-order valence-corrected chi connectivity index (χ2v) is 8.23. The zero-order chi connectivity index (χ0) is 21.9. The Balaban J connectivity index is 0.00000363. The third kappa shape index (κ3) is 8.51. The van der Waals surface area contributed by atoms with Crippen molar-refractivity contribution in [3.63, 3.8) is 0 Å². The van der Waals surface area contributed by atoms with E-state index in [1.165, 1.54) is 12.8 Å². The summed E-state index contributed by atoms with van der Waals surface area (Å²) in [6.07, 6.45) is 6.18. The molecule has 2 aliphatic rings. The summed E-state index contributed by atoms with van der Waals surface area (Å²) < 4.78 is 11.9. The van der Waals surface area contributed by atoms with Crippen molar-refractivity contribution in [1.82, 2.24) is 15.5 Å². The zero-order valence-corrected chi connectivity index (χ0v) is 21.8. The average Bonchev–Trinajstić information content (AvgIpc) is 2.82. The molecule has 1 unspecified atom stereocenters. The molecule has 0 spiro atoms. The lowest BCUT2D eigenvalue weighted by molar-refractivity contribution is -0.0721. The van der Waals surface area contributed by atoms with E-state index in [0.29, 0.717) is 24.8 Å². The van der Waals surface area contributed by atoms with E-state index in [-0.39, 0.29) is 36.0 Å². The van der Waals surface area contributed by atoms with Gasteiger partial charge in [-0.25, -0.2) is 4.99 Å². The largest absolute Gasteiger partial charge is 0.376 e. The Labute approximate surface area is 209 Å². The molecule has 0 bridgehead atoms. The van der Waals surface area contributed by atoms with E-state index < -0.39 is 0 Å². The van der Waals surface area contributed by atoms with Gasteiger partial charge in [0, 0.05) is 38.3 Å². The van der Waals surface area contributed by atoms with Gasteiger partial charge in [0.2, 0.25) is 0 Å². The van der Waals surface area contributed by atoms with Crippen LogP contribution in [0.3, 0.4) is 0 Å². The van der Waals surface area contributed by atoms with Crippen LogP contribution in [-0.4, -0.2) is 68.4 Å². The van der Waals surface area contributed by atoms with Crippen molar-refractivity contribution in [2.24, 2.45) is 4.99 Å². The summed E-state index contributed by atoms with van der Waals surface area (Å²) in [4.78, 5) is 19.1. The number of hydrogen-bond donors (Lipinski definition) is 2. The molecule has 1 atom stereocenters. The Kier molecular flexibility index (Phi) is 12.3. The molecule has 2 saturated heterocycles. The third-order valence-electron chi connectivity index (χ3n) is 5.83. The second-order valence-electron chi connectivity index (χ2n) is 8.23. The number of nitrogens with zero attached hydrogens (tertiary/aromatic N) is 2. The number of carbonyl (C=O) groups excluding carboxylic acids is 1. The molecule has 3 rings (SSSR count). The Morgan fingerprint density at radius 1 is 1.09 bits per heavy atom. The van der Waals surface area contributed by atoms with E-state index >= 15 is 0 Å². The fourth-order valence-electron chi connectivity index (χ4n) is 4.03. The van der Waals surface area contributed by atoms with Crippen LogP contribution in [0.25, 0.3) is 0 Å². The molecule has 1 amide bonds. The Hall–Kier alpha value is -1.39. The topological polar surface area (TPSA) is 75.2 Å². The van der Waals surface area contributed by atoms with E-state index in [1.807, 2.05) is 31.2 Å². The van der Waals surface area contributed by atoms with Crippen LogP contribution in [0.2, 0.25) is 0 Å². The first-order valence-electron chi connectivity index (χ1n) is 11.8. The van der Waals surface area contributed by atoms with Crippen molar-refractivity contribution in [2.45, 2.75) is 64.7 Å². The summed E-state index contributed by atoms with van der Waals surface area (Å²) in [5.74, 6) is 0.912. The lowest BCUT2D eigenvalue weighted by atomic mass is 10.1. The second kappa shape index (κ2) is 14.7. The molecule has 1 aromatic rings. The summed E-state index contributed by atoms with van der Waals surface area (Å²) in [5, 5.41) is 6.24. The number of carbonyl (C=O) groups is 1. The van der Waals surface area contributed by atoms with Crippen LogP contribution in [0, 0.1) is 0 Å². The Bertz CT molecular complexity index is 700. The van der Waals surface area contributed by atoms with Crippen LogP contribution in [0.5, 0.6) is 0 Å². The normalized spacial score (nSPS) is 19.9. The molecule has 7 nitrogen and oxygen atoms in total. The summed E-state index contributed by atoms with van der Waals surface area (Å²) in [6, 6.07) is 7.68. The maximum atomic E-state index is 11.9. The number of nitrogens with one attached hydrogen (secondary N) is 2. The van der Waals surface area contributed by atoms with Gasteiger partial charge in [0.05, 0.1) is 25.4 Å². The molecule has 0 radical (unpaired) electrons. The molecule has 0 aromatic heterocycles. The van der Waals surface area contributed by atoms with Crippen molar-refractivity contribution in [3.8, 4) is 0 Å². The quantitative estimate of drug-likeness (QED) is 0.290.